The summed E-state index contributed by atoms with van der Waals surface area (Å²) in [7, 11) is 0. The fourth-order valence-electron chi connectivity index (χ4n) is 2.05. The molecule has 0 amide bonds. The van der Waals surface area contributed by atoms with Gasteiger partial charge in [-0.25, -0.2) is 4.98 Å². The zero-order valence-electron chi connectivity index (χ0n) is 10.1. The van der Waals surface area contributed by atoms with Crippen LogP contribution in [0.5, 0.6) is 0 Å². The quantitative estimate of drug-likeness (QED) is 0.803. The first-order valence-corrected chi connectivity index (χ1v) is 6.72. The molecule has 0 aromatic carbocycles. The summed E-state index contributed by atoms with van der Waals surface area (Å²) >= 11 is 3.41. The lowest BCUT2D eigenvalue weighted by Gasteiger charge is -2.09. The second-order valence-corrected chi connectivity index (χ2v) is 5.02. The lowest BCUT2D eigenvalue weighted by atomic mass is 10.2. The molecule has 0 spiro atoms. The molecule has 0 bridgehead atoms. The van der Waals surface area contributed by atoms with Crippen LogP contribution >= 0.6 is 15.9 Å². The molecule has 6 heteroatoms. The third-order valence-electron chi connectivity index (χ3n) is 2.87. The Morgan fingerprint density at radius 2 is 2.11 bits per heavy atom. The van der Waals surface area contributed by atoms with Crippen molar-refractivity contribution in [1.82, 2.24) is 19.5 Å². The summed E-state index contributed by atoms with van der Waals surface area (Å²) in [6, 6.07) is 3.89. The molecule has 19 heavy (non-hydrogen) atoms. The number of nitrogens with zero attached hydrogens (tertiary/aromatic N) is 4. The van der Waals surface area contributed by atoms with Gasteiger partial charge in [-0.1, -0.05) is 0 Å². The van der Waals surface area contributed by atoms with Crippen LogP contribution in [0.3, 0.4) is 0 Å². The first-order valence-electron chi connectivity index (χ1n) is 5.92. The van der Waals surface area contributed by atoms with Crippen LogP contribution < -0.4 is 5.73 Å². The van der Waals surface area contributed by atoms with Crippen LogP contribution in [0.2, 0.25) is 0 Å². The second-order valence-electron chi connectivity index (χ2n) is 4.10. The lowest BCUT2D eigenvalue weighted by molar-refractivity contribution is 0.838. The molecule has 3 aromatic rings. The number of fused-ring (bicyclic) bond motifs is 1. The summed E-state index contributed by atoms with van der Waals surface area (Å²) in [6.45, 7) is 0.568. The minimum absolute atomic E-state index is 0.568. The van der Waals surface area contributed by atoms with E-state index in [0.717, 1.165) is 33.4 Å². The Labute approximate surface area is 118 Å². The number of imidazole rings is 1. The van der Waals surface area contributed by atoms with Gasteiger partial charge in [0.05, 0.1) is 11.2 Å². The predicted molar refractivity (Wildman–Crippen MR) is 77.1 cm³/mol. The molecule has 0 aliphatic carbocycles. The van der Waals surface area contributed by atoms with Crippen molar-refractivity contribution in [3.8, 4) is 5.69 Å². The number of rotatable bonds is 3. The fourth-order valence-corrected chi connectivity index (χ4v) is 2.37. The highest BCUT2D eigenvalue weighted by Crippen LogP contribution is 2.22. The first-order chi connectivity index (χ1) is 9.29. The van der Waals surface area contributed by atoms with E-state index in [1.54, 1.807) is 18.6 Å². The highest BCUT2D eigenvalue weighted by atomic mass is 79.9. The van der Waals surface area contributed by atoms with Gasteiger partial charge in [-0.3, -0.25) is 9.97 Å². The maximum absolute atomic E-state index is 5.61. The van der Waals surface area contributed by atoms with E-state index in [1.165, 1.54) is 0 Å². The van der Waals surface area contributed by atoms with Gasteiger partial charge < -0.3 is 10.3 Å². The van der Waals surface area contributed by atoms with E-state index in [1.807, 2.05) is 22.9 Å². The van der Waals surface area contributed by atoms with Crippen LogP contribution in [-0.2, 0) is 6.42 Å². The molecule has 0 saturated heterocycles. The van der Waals surface area contributed by atoms with Gasteiger partial charge in [0.1, 0.15) is 11.3 Å². The van der Waals surface area contributed by atoms with Gasteiger partial charge in [0.2, 0.25) is 0 Å². The Kier molecular flexibility index (Phi) is 3.27. The van der Waals surface area contributed by atoms with Crippen molar-refractivity contribution < 1.29 is 0 Å². The molecule has 0 radical (unpaired) electrons. The monoisotopic (exact) mass is 317 g/mol. The maximum Gasteiger partial charge on any atom is 0.114 e. The number of hydrogen-bond acceptors (Lipinski definition) is 4. The summed E-state index contributed by atoms with van der Waals surface area (Å²) < 4.78 is 2.93. The molecular formula is C13H12BrN5. The van der Waals surface area contributed by atoms with Crippen LogP contribution in [0, 0.1) is 0 Å². The van der Waals surface area contributed by atoms with Crippen molar-refractivity contribution in [2.75, 3.05) is 6.54 Å². The Morgan fingerprint density at radius 3 is 2.95 bits per heavy atom. The molecule has 2 N–H and O–H groups in total. The fraction of sp³-hybridized carbons (Fsp3) is 0.154. The zero-order valence-corrected chi connectivity index (χ0v) is 11.7. The average Bonchev–Trinajstić information content (AvgIpc) is 2.86. The van der Waals surface area contributed by atoms with Crippen LogP contribution in [0.25, 0.3) is 16.7 Å². The molecule has 3 heterocycles. The highest BCUT2D eigenvalue weighted by molar-refractivity contribution is 9.10. The van der Waals surface area contributed by atoms with Crippen molar-refractivity contribution in [1.29, 1.82) is 0 Å². The molecule has 96 valence electrons. The van der Waals surface area contributed by atoms with Crippen molar-refractivity contribution in [3.05, 3.63) is 47.2 Å². The van der Waals surface area contributed by atoms with Gasteiger partial charge >= 0.3 is 0 Å². The van der Waals surface area contributed by atoms with Crippen LogP contribution in [-0.4, -0.2) is 26.1 Å². The molecule has 0 saturated carbocycles. The normalized spacial score (nSPS) is 11.1. The number of halogens is 1. The van der Waals surface area contributed by atoms with E-state index in [-0.39, 0.29) is 0 Å². The van der Waals surface area contributed by atoms with Crippen molar-refractivity contribution >= 4 is 27.0 Å². The third kappa shape index (κ3) is 2.24. The summed E-state index contributed by atoms with van der Waals surface area (Å²) in [5.74, 6) is 0.930. The summed E-state index contributed by atoms with van der Waals surface area (Å²) in [5, 5.41) is 0. The van der Waals surface area contributed by atoms with Crippen LogP contribution in [0.15, 0.2) is 41.4 Å². The minimum atomic E-state index is 0.568. The minimum Gasteiger partial charge on any atom is -0.330 e. The van der Waals surface area contributed by atoms with Crippen molar-refractivity contribution in [3.63, 3.8) is 0 Å². The molecule has 3 aromatic heterocycles. The SMILES string of the molecule is NCCc1nccn1-c1ccnc2cc(Br)cnc12. The van der Waals surface area contributed by atoms with Gasteiger partial charge in [-0.15, -0.1) is 0 Å². The first kappa shape index (κ1) is 12.3. The van der Waals surface area contributed by atoms with Gasteiger partial charge in [0.15, 0.2) is 0 Å². The second kappa shape index (κ2) is 5.07. The van der Waals surface area contributed by atoms with Gasteiger partial charge in [-0.2, -0.15) is 0 Å². The van der Waals surface area contributed by atoms with Crippen LogP contribution in [0.4, 0.5) is 0 Å². The molecule has 0 aliphatic heterocycles. The Hall–Kier alpha value is -1.79. The zero-order chi connectivity index (χ0) is 13.2. The molecule has 5 nitrogen and oxygen atoms in total. The summed E-state index contributed by atoms with van der Waals surface area (Å²) in [5.41, 5.74) is 8.28. The van der Waals surface area contributed by atoms with E-state index < -0.39 is 0 Å². The summed E-state index contributed by atoms with van der Waals surface area (Å²) in [6.07, 6.45) is 7.97. The van der Waals surface area contributed by atoms with Gasteiger partial charge in [0, 0.05) is 35.7 Å². The Balaban J connectivity index is 2.22. The van der Waals surface area contributed by atoms with E-state index in [2.05, 4.69) is 30.9 Å². The molecule has 0 unspecified atom stereocenters. The van der Waals surface area contributed by atoms with Crippen LogP contribution in [0.1, 0.15) is 5.82 Å². The Morgan fingerprint density at radius 1 is 1.21 bits per heavy atom. The van der Waals surface area contributed by atoms with Gasteiger partial charge in [-0.05, 0) is 34.6 Å². The van der Waals surface area contributed by atoms with Crippen molar-refractivity contribution in [2.45, 2.75) is 6.42 Å². The Bertz CT molecular complexity index is 722. The third-order valence-corrected chi connectivity index (χ3v) is 3.30. The largest absolute Gasteiger partial charge is 0.330 e. The number of aromatic nitrogens is 4. The molecule has 0 aliphatic rings. The number of pyridine rings is 2. The molecule has 3 rings (SSSR count). The van der Waals surface area contributed by atoms with Crippen molar-refractivity contribution in [2.24, 2.45) is 5.73 Å². The standard InChI is InChI=1S/C13H12BrN5/c14-9-7-10-13(18-8-9)11(2-4-16-10)19-6-5-17-12(19)1-3-15/h2,4-8H,1,3,15H2. The lowest BCUT2D eigenvalue weighted by Crippen LogP contribution is -2.09. The maximum atomic E-state index is 5.61. The van der Waals surface area contributed by atoms with E-state index in [0.29, 0.717) is 6.54 Å². The van der Waals surface area contributed by atoms with E-state index in [4.69, 9.17) is 5.73 Å². The molecular weight excluding hydrogens is 306 g/mol. The number of nitrogens with two attached hydrogens (primary N) is 1. The van der Waals surface area contributed by atoms with E-state index in [9.17, 15) is 0 Å². The molecule has 0 fully saturated rings. The molecule has 0 atom stereocenters. The topological polar surface area (TPSA) is 69.6 Å². The van der Waals surface area contributed by atoms with Gasteiger partial charge in [0.25, 0.3) is 0 Å². The smallest absolute Gasteiger partial charge is 0.114 e. The predicted octanol–water partition coefficient (Wildman–Crippen LogP) is 2.08. The van der Waals surface area contributed by atoms with E-state index >= 15 is 0 Å². The number of hydrogen-bond donors (Lipinski definition) is 1. The average molecular weight is 318 g/mol. The summed E-state index contributed by atoms with van der Waals surface area (Å²) in [4.78, 5) is 13.1. The highest BCUT2D eigenvalue weighted by Gasteiger charge is 2.09.